The summed E-state index contributed by atoms with van der Waals surface area (Å²) in [7, 11) is 1.51. The summed E-state index contributed by atoms with van der Waals surface area (Å²) >= 11 is 8.71. The summed E-state index contributed by atoms with van der Waals surface area (Å²) in [5, 5.41) is 38.0. The summed E-state index contributed by atoms with van der Waals surface area (Å²) in [6, 6.07) is 38.6. The summed E-state index contributed by atoms with van der Waals surface area (Å²) in [4.78, 5) is 161. The maximum Gasteiger partial charge on any atom is 0.266 e. The quantitative estimate of drug-likeness (QED) is 0.0282. The van der Waals surface area contributed by atoms with Crippen LogP contribution in [0.4, 0.5) is 33.5 Å². The highest BCUT2D eigenvalue weighted by Gasteiger charge is 2.25. The molecule has 36 nitrogen and oxygen atoms in total. The second-order valence-corrected chi connectivity index (χ2v) is 31.3. The molecular weight excluding hydrogens is 1730 g/mol. The number of carbonyl (C=O) groups is 5. The van der Waals surface area contributed by atoms with Crippen LogP contribution in [0.5, 0.6) is 5.75 Å². The number of nitrogens with one attached hydrogen (secondary N) is 10. The molecular formula is C90H95ClFN25O11S2. The molecule has 11 aromatic heterocycles. The zero-order valence-corrected chi connectivity index (χ0v) is 76.6. The van der Waals surface area contributed by atoms with Crippen molar-refractivity contribution in [3.63, 3.8) is 0 Å². The van der Waals surface area contributed by atoms with Gasteiger partial charge in [-0.15, -0.1) is 23.1 Å². The van der Waals surface area contributed by atoms with Gasteiger partial charge in [0, 0.05) is 85.0 Å². The van der Waals surface area contributed by atoms with Gasteiger partial charge in [-0.2, -0.15) is 48.9 Å². The van der Waals surface area contributed by atoms with Crippen LogP contribution in [0.3, 0.4) is 0 Å². The Bertz CT molecular complexity index is 6870. The molecule has 15 aromatic rings. The first-order chi connectivity index (χ1) is 62.2. The SMILES string of the molecule is CCc1c(C)nc(-n2nc(C)cc2NC(=O)c2ccccc2F)[nH]c1=O.CCc1c(C)nc(-n2nc(C)cc2NC(=O)c2cccs2)[nH]c1=O.CCc1nc(-n2nc(C)cc2NC(=O)c2ccc(Cl)cc2)[nH]c(=O)c1C.CCc1nc(-n2nc(C)cc2NC(=O)c2ccccc2OC)[nH]c(=O)c1C.CCc1nc(-n2nc(C)cc2NC(=O)c2ccccc2SC)[nH]c(=O)c1C. The molecule has 4 aromatic carbocycles. The van der Waals surface area contributed by atoms with Crippen molar-refractivity contribution in [1.82, 2.24) is 98.7 Å². The van der Waals surface area contributed by atoms with Crippen LogP contribution in [0, 0.1) is 75.1 Å². The summed E-state index contributed by atoms with van der Waals surface area (Å²) in [6.45, 7) is 27.2. The van der Waals surface area contributed by atoms with Gasteiger partial charge in [0.25, 0.3) is 57.3 Å². The number of carbonyl (C=O) groups excluding carboxylic acids is 5. The minimum absolute atomic E-state index is 0.0862. The minimum Gasteiger partial charge on any atom is -0.496 e. The maximum atomic E-state index is 13.8. The van der Waals surface area contributed by atoms with Gasteiger partial charge in [0.15, 0.2) is 0 Å². The Labute approximate surface area is 756 Å². The van der Waals surface area contributed by atoms with Gasteiger partial charge in [-0.05, 0) is 180 Å². The highest BCUT2D eigenvalue weighted by molar-refractivity contribution is 7.98. The van der Waals surface area contributed by atoms with E-state index in [-0.39, 0.29) is 92.5 Å². The van der Waals surface area contributed by atoms with E-state index >= 15 is 0 Å². The fourth-order valence-corrected chi connectivity index (χ4v) is 14.6. The average molecular weight is 1820 g/mol. The van der Waals surface area contributed by atoms with E-state index in [1.54, 1.807) is 152 Å². The van der Waals surface area contributed by atoms with E-state index < -0.39 is 11.7 Å². The van der Waals surface area contributed by atoms with Crippen molar-refractivity contribution in [1.29, 1.82) is 0 Å². The molecule has 15 rings (SSSR count). The van der Waals surface area contributed by atoms with E-state index in [4.69, 9.17) is 16.3 Å². The van der Waals surface area contributed by atoms with Gasteiger partial charge in [-0.25, -0.2) is 29.3 Å². The lowest BCUT2D eigenvalue weighted by Gasteiger charge is -2.11. The number of para-hydroxylation sites is 1. The summed E-state index contributed by atoms with van der Waals surface area (Å²) in [5.74, 6) is 1.35. The molecule has 5 amide bonds. The molecule has 0 bridgehead atoms. The Morgan fingerprint density at radius 3 is 1.08 bits per heavy atom. The lowest BCUT2D eigenvalue weighted by Crippen LogP contribution is -2.22. The molecule has 130 heavy (non-hydrogen) atoms. The van der Waals surface area contributed by atoms with E-state index in [0.29, 0.717) is 172 Å². The fourth-order valence-electron chi connectivity index (χ4n) is 13.2. The zero-order valence-electron chi connectivity index (χ0n) is 74.2. The third-order valence-corrected chi connectivity index (χ3v) is 21.8. The molecule has 0 saturated heterocycles. The number of hydrogen-bond acceptors (Lipinski definition) is 23. The van der Waals surface area contributed by atoms with Gasteiger partial charge < -0.3 is 31.3 Å². The molecule has 0 atom stereocenters. The van der Waals surface area contributed by atoms with Crippen LogP contribution in [0.2, 0.25) is 5.02 Å². The first-order valence-electron chi connectivity index (χ1n) is 40.9. The second-order valence-electron chi connectivity index (χ2n) is 29.1. The van der Waals surface area contributed by atoms with Crippen LogP contribution in [0.25, 0.3) is 29.7 Å². The number of aromatic nitrogens is 20. The van der Waals surface area contributed by atoms with Gasteiger partial charge in [0.05, 0.1) is 74.2 Å². The van der Waals surface area contributed by atoms with Crippen LogP contribution in [-0.4, -0.2) is 142 Å². The number of anilines is 5. The molecule has 0 saturated carbocycles. The van der Waals surface area contributed by atoms with E-state index in [1.165, 1.54) is 71.8 Å². The fraction of sp³-hybridized carbons (Fsp3) is 0.244. The van der Waals surface area contributed by atoms with Crippen LogP contribution < -0.4 is 59.1 Å². The van der Waals surface area contributed by atoms with E-state index in [9.17, 15) is 52.3 Å². The standard InChI is InChI=1S/C19H21N5O3.C19H21N5O2S.C18H18ClN5O2.C18H18FN5O2.C16H17N5O2S/c2*1-5-14-12(3)17(25)22-19(20-14)24-16(10-11(2)23-24)21-18(26)13-8-6-7-9-15(13)27-4;1-4-14-11(3)16(25)22-18(20-14)24-15(9-10(2)23-24)21-17(26)12-5-7-13(19)8-6-12;1-4-12-11(3)20-18(22-16(12)25)24-15(9-10(2)23-24)21-17(26)13-7-5-6-8-14(13)19;1-4-11-10(3)17-16(19-14(11)22)21-13(8-9(2)20-21)18-15(23)12-6-5-7-24-12/h2*6-10H,5H2,1-4H3,(H,21,26)(H,20,22,25);2*5-9H,4H2,1-3H3,(H,21,26)(H,20,22,25);5-8H,4H2,1-3H3,(H,18,23)(H,17,19,22). The minimum atomic E-state index is -0.623. The molecule has 0 spiro atoms. The van der Waals surface area contributed by atoms with Crippen molar-refractivity contribution in [2.45, 2.75) is 141 Å². The highest BCUT2D eigenvalue weighted by atomic mass is 35.5. The number of hydrogen-bond donors (Lipinski definition) is 10. The molecule has 11 heterocycles. The predicted molar refractivity (Wildman–Crippen MR) is 497 cm³/mol. The number of rotatable bonds is 22. The number of benzene rings is 4. The van der Waals surface area contributed by atoms with Crippen LogP contribution in [0.15, 0.2) is 174 Å². The second kappa shape index (κ2) is 42.8. The Kier molecular flexibility index (Phi) is 31.4. The third-order valence-electron chi connectivity index (χ3n) is 19.9. The van der Waals surface area contributed by atoms with E-state index in [0.717, 1.165) is 4.90 Å². The zero-order chi connectivity index (χ0) is 94.1. The van der Waals surface area contributed by atoms with Crippen molar-refractivity contribution in [2.75, 3.05) is 39.9 Å². The first kappa shape index (κ1) is 95.4. The number of thioether (sulfide) groups is 1. The van der Waals surface area contributed by atoms with Crippen molar-refractivity contribution in [2.24, 2.45) is 0 Å². The van der Waals surface area contributed by atoms with Crippen molar-refractivity contribution in [3.05, 3.63) is 319 Å². The normalized spacial score (nSPS) is 10.8. The van der Waals surface area contributed by atoms with E-state index in [1.807, 2.05) is 84.4 Å². The Morgan fingerprint density at radius 1 is 0.400 bits per heavy atom. The molecule has 10 N–H and O–H groups in total. The van der Waals surface area contributed by atoms with E-state index in [2.05, 4.69) is 102 Å². The van der Waals surface area contributed by atoms with Crippen molar-refractivity contribution in [3.8, 4) is 35.5 Å². The molecule has 0 unspecified atom stereocenters. The molecule has 0 aliphatic rings. The number of H-pyrrole nitrogens is 5. The predicted octanol–water partition coefficient (Wildman–Crippen LogP) is 13.5. The number of nitrogens with zero attached hydrogens (tertiary/aromatic N) is 15. The number of ether oxygens (including phenoxy) is 1. The van der Waals surface area contributed by atoms with Crippen LogP contribution in [-0.2, 0) is 32.1 Å². The lowest BCUT2D eigenvalue weighted by atomic mass is 10.2. The van der Waals surface area contributed by atoms with Gasteiger partial charge in [-0.1, -0.05) is 88.7 Å². The number of halogens is 2. The number of amides is 5. The Hall–Kier alpha value is -15.3. The van der Waals surface area contributed by atoms with Crippen LogP contribution in [0.1, 0.15) is 170 Å². The monoisotopic (exact) mass is 1820 g/mol. The van der Waals surface area contributed by atoms with Crippen molar-refractivity contribution < 1.29 is 33.1 Å². The third kappa shape index (κ3) is 22.8. The van der Waals surface area contributed by atoms with Gasteiger partial charge >= 0.3 is 0 Å². The van der Waals surface area contributed by atoms with Gasteiger partial charge in [-0.3, -0.25) is 72.9 Å². The van der Waals surface area contributed by atoms with Gasteiger partial charge in [0.2, 0.25) is 29.7 Å². The van der Waals surface area contributed by atoms with Gasteiger partial charge in [0.1, 0.15) is 40.7 Å². The summed E-state index contributed by atoms with van der Waals surface area (Å²) in [6.07, 6.45) is 4.96. The largest absolute Gasteiger partial charge is 0.496 e. The Balaban J connectivity index is 0.000000157. The number of aromatic amines is 5. The highest BCUT2D eigenvalue weighted by Crippen LogP contribution is 2.27. The average Bonchev–Trinajstić information content (AvgIpc) is 1.49. The molecule has 0 radical (unpaired) electrons. The smallest absolute Gasteiger partial charge is 0.266 e. The summed E-state index contributed by atoms with van der Waals surface area (Å²) in [5.41, 5.74) is 9.88. The van der Waals surface area contributed by atoms with Crippen LogP contribution >= 0.6 is 34.7 Å². The lowest BCUT2D eigenvalue weighted by molar-refractivity contribution is 0.101. The number of methoxy groups -OCH3 is 1. The molecule has 0 fully saturated rings. The number of thiophene rings is 1. The molecule has 672 valence electrons. The number of aryl methyl sites for hydroxylation is 10. The Morgan fingerprint density at radius 2 is 0.731 bits per heavy atom. The molecule has 40 heteroatoms. The molecule has 0 aliphatic carbocycles. The molecule has 0 aliphatic heterocycles. The van der Waals surface area contributed by atoms with Crippen molar-refractivity contribution >= 4 is 93.3 Å². The maximum absolute atomic E-state index is 13.8. The topological polar surface area (TPSA) is 473 Å². The summed E-state index contributed by atoms with van der Waals surface area (Å²) < 4.78 is 26.1. The first-order valence-corrected chi connectivity index (χ1v) is 43.4.